The van der Waals surface area contributed by atoms with Crippen molar-refractivity contribution in [2.75, 3.05) is 26.7 Å². The number of carbonyl (C=O) groups is 1. The van der Waals surface area contributed by atoms with Gasteiger partial charge in [-0.15, -0.1) is 0 Å². The van der Waals surface area contributed by atoms with Gasteiger partial charge in [0.1, 0.15) is 0 Å². The molecule has 12 heavy (non-hydrogen) atoms. The number of nitrogens with zero attached hydrogens (tertiary/aromatic N) is 1. The van der Waals surface area contributed by atoms with Gasteiger partial charge in [0.2, 0.25) is 5.91 Å². The van der Waals surface area contributed by atoms with Gasteiger partial charge in [-0.05, 0) is 20.0 Å². The molecule has 2 atom stereocenters. The van der Waals surface area contributed by atoms with Gasteiger partial charge in [0.15, 0.2) is 0 Å². The van der Waals surface area contributed by atoms with Crippen molar-refractivity contribution in [1.29, 1.82) is 0 Å². The van der Waals surface area contributed by atoms with E-state index < -0.39 is 0 Å². The van der Waals surface area contributed by atoms with Crippen LogP contribution in [0.1, 0.15) is 13.3 Å². The summed E-state index contributed by atoms with van der Waals surface area (Å²) >= 11 is 0. The van der Waals surface area contributed by atoms with E-state index in [-0.39, 0.29) is 17.2 Å². The fourth-order valence-electron chi connectivity index (χ4n) is 2.54. The second kappa shape index (κ2) is 2.46. The van der Waals surface area contributed by atoms with Crippen molar-refractivity contribution >= 4 is 5.91 Å². The molecule has 0 aromatic carbocycles. The Labute approximate surface area is 73.1 Å². The molecular weight excluding hydrogens is 152 g/mol. The molecule has 0 aliphatic carbocycles. The summed E-state index contributed by atoms with van der Waals surface area (Å²) in [5.74, 6) is 0.541. The number of hydrogen-bond donors (Lipinski definition) is 1. The molecule has 1 N–H and O–H groups in total. The fourth-order valence-corrected chi connectivity index (χ4v) is 2.54. The van der Waals surface area contributed by atoms with Gasteiger partial charge in [0.25, 0.3) is 0 Å². The minimum absolute atomic E-state index is 0.198. The highest BCUT2D eigenvalue weighted by Crippen LogP contribution is 2.37. The Bertz CT molecular complexity index is 217. The summed E-state index contributed by atoms with van der Waals surface area (Å²) in [6.45, 7) is 5.19. The summed E-state index contributed by atoms with van der Waals surface area (Å²) in [7, 11) is 2.13. The van der Waals surface area contributed by atoms with Crippen molar-refractivity contribution in [3.63, 3.8) is 0 Å². The summed E-state index contributed by atoms with van der Waals surface area (Å²) in [4.78, 5) is 13.7. The molecule has 2 heterocycles. The molecule has 2 unspecified atom stereocenters. The Hall–Kier alpha value is -0.570. The monoisotopic (exact) mass is 168 g/mol. The molecule has 3 heteroatoms. The maximum Gasteiger partial charge on any atom is 0.223 e. The van der Waals surface area contributed by atoms with Crippen LogP contribution in [0.5, 0.6) is 0 Å². The van der Waals surface area contributed by atoms with Crippen molar-refractivity contribution in [2.45, 2.75) is 13.3 Å². The van der Waals surface area contributed by atoms with Gasteiger partial charge in [0, 0.05) is 24.4 Å². The number of carbonyl (C=O) groups excluding carboxylic acids is 1. The molecule has 1 amide bonds. The van der Waals surface area contributed by atoms with Crippen LogP contribution in [0.3, 0.4) is 0 Å². The van der Waals surface area contributed by atoms with Crippen LogP contribution in [0.25, 0.3) is 0 Å². The molecule has 2 fully saturated rings. The molecule has 0 radical (unpaired) electrons. The van der Waals surface area contributed by atoms with Gasteiger partial charge in [0.05, 0.1) is 0 Å². The van der Waals surface area contributed by atoms with Crippen molar-refractivity contribution in [2.24, 2.45) is 11.3 Å². The van der Waals surface area contributed by atoms with E-state index in [9.17, 15) is 4.79 Å². The van der Waals surface area contributed by atoms with Crippen LogP contribution >= 0.6 is 0 Å². The van der Waals surface area contributed by atoms with E-state index in [1.807, 2.05) is 0 Å². The van der Waals surface area contributed by atoms with Gasteiger partial charge >= 0.3 is 0 Å². The summed E-state index contributed by atoms with van der Waals surface area (Å²) in [5.41, 5.74) is 0.198. The third-order valence-electron chi connectivity index (χ3n) is 3.25. The van der Waals surface area contributed by atoms with Crippen molar-refractivity contribution in [1.82, 2.24) is 10.2 Å². The quantitative estimate of drug-likeness (QED) is 0.555. The van der Waals surface area contributed by atoms with Crippen LogP contribution in [0.4, 0.5) is 0 Å². The van der Waals surface area contributed by atoms with Gasteiger partial charge < -0.3 is 10.2 Å². The molecule has 3 nitrogen and oxygen atoms in total. The molecule has 0 aromatic rings. The third-order valence-corrected chi connectivity index (χ3v) is 3.25. The normalized spacial score (nSPS) is 42.5. The Morgan fingerprint density at radius 3 is 3.17 bits per heavy atom. The molecule has 68 valence electrons. The molecule has 2 saturated heterocycles. The Balaban J connectivity index is 2.19. The van der Waals surface area contributed by atoms with E-state index in [1.165, 1.54) is 0 Å². The lowest BCUT2D eigenvalue weighted by molar-refractivity contribution is -0.125. The maximum absolute atomic E-state index is 11.4. The highest BCUT2D eigenvalue weighted by atomic mass is 16.2. The largest absolute Gasteiger partial charge is 0.355 e. The van der Waals surface area contributed by atoms with Crippen molar-refractivity contribution in [3.8, 4) is 0 Å². The van der Waals surface area contributed by atoms with E-state index in [0.29, 0.717) is 0 Å². The number of rotatable bonds is 0. The number of piperidine rings is 1. The van der Waals surface area contributed by atoms with Crippen LogP contribution in [0, 0.1) is 11.3 Å². The predicted octanol–water partition coefficient (Wildman–Crippen LogP) is 0.0742. The Morgan fingerprint density at radius 1 is 1.67 bits per heavy atom. The second-order valence-electron chi connectivity index (χ2n) is 4.45. The zero-order valence-electron chi connectivity index (χ0n) is 7.76. The van der Waals surface area contributed by atoms with Crippen LogP contribution < -0.4 is 5.32 Å². The highest BCUT2D eigenvalue weighted by Gasteiger charge is 2.47. The minimum Gasteiger partial charge on any atom is -0.355 e. The smallest absolute Gasteiger partial charge is 0.223 e. The summed E-state index contributed by atoms with van der Waals surface area (Å²) < 4.78 is 0. The number of nitrogens with one attached hydrogen (secondary N) is 1. The van der Waals surface area contributed by atoms with E-state index in [1.54, 1.807) is 0 Å². The fraction of sp³-hybridized carbons (Fsp3) is 0.889. The zero-order valence-corrected chi connectivity index (χ0v) is 7.76. The van der Waals surface area contributed by atoms with E-state index >= 15 is 0 Å². The number of amides is 1. The summed E-state index contributed by atoms with van der Waals surface area (Å²) in [5, 5.41) is 2.96. The SMILES string of the molecule is CN1CCC2C(=O)NCC2(C)C1. The van der Waals surface area contributed by atoms with Crippen LogP contribution in [0.15, 0.2) is 0 Å². The number of fused-ring (bicyclic) bond motifs is 1. The van der Waals surface area contributed by atoms with Gasteiger partial charge in [-0.1, -0.05) is 6.92 Å². The topological polar surface area (TPSA) is 32.3 Å². The lowest BCUT2D eigenvalue weighted by Crippen LogP contribution is -2.45. The predicted molar refractivity (Wildman–Crippen MR) is 46.7 cm³/mol. The van der Waals surface area contributed by atoms with Crippen LogP contribution in [-0.4, -0.2) is 37.5 Å². The molecule has 0 bridgehead atoms. The molecule has 0 spiro atoms. The standard InChI is InChI=1S/C9H16N2O/c1-9-5-10-8(12)7(9)3-4-11(2)6-9/h7H,3-6H2,1-2H3,(H,10,12). The summed E-state index contributed by atoms with van der Waals surface area (Å²) in [6, 6.07) is 0. The Morgan fingerprint density at radius 2 is 2.42 bits per heavy atom. The van der Waals surface area contributed by atoms with E-state index in [4.69, 9.17) is 0 Å². The third kappa shape index (κ3) is 1.04. The lowest BCUT2D eigenvalue weighted by atomic mass is 9.75. The molecule has 2 aliphatic heterocycles. The van der Waals surface area contributed by atoms with Crippen molar-refractivity contribution < 1.29 is 4.79 Å². The minimum atomic E-state index is 0.198. The average molecular weight is 168 g/mol. The first-order chi connectivity index (χ1) is 5.62. The first-order valence-electron chi connectivity index (χ1n) is 4.58. The second-order valence-corrected chi connectivity index (χ2v) is 4.45. The first kappa shape index (κ1) is 8.05. The molecule has 0 aromatic heterocycles. The first-order valence-corrected chi connectivity index (χ1v) is 4.58. The van der Waals surface area contributed by atoms with Gasteiger partial charge in [-0.25, -0.2) is 0 Å². The van der Waals surface area contributed by atoms with Gasteiger partial charge in [-0.3, -0.25) is 4.79 Å². The number of hydrogen-bond acceptors (Lipinski definition) is 2. The maximum atomic E-state index is 11.4. The van der Waals surface area contributed by atoms with Crippen LogP contribution in [-0.2, 0) is 4.79 Å². The van der Waals surface area contributed by atoms with E-state index in [2.05, 4.69) is 24.2 Å². The molecule has 2 aliphatic rings. The van der Waals surface area contributed by atoms with Gasteiger partial charge in [-0.2, -0.15) is 0 Å². The zero-order chi connectivity index (χ0) is 8.77. The lowest BCUT2D eigenvalue weighted by Gasteiger charge is -2.38. The van der Waals surface area contributed by atoms with Crippen molar-refractivity contribution in [3.05, 3.63) is 0 Å². The number of likely N-dealkylation sites (tertiary alicyclic amines) is 1. The Kier molecular flexibility index (Phi) is 1.65. The molecule has 0 saturated carbocycles. The molecular formula is C9H16N2O. The van der Waals surface area contributed by atoms with Crippen LogP contribution in [0.2, 0.25) is 0 Å². The summed E-state index contributed by atoms with van der Waals surface area (Å²) in [6.07, 6.45) is 1.03. The molecule has 2 rings (SSSR count). The highest BCUT2D eigenvalue weighted by molar-refractivity contribution is 5.82. The van der Waals surface area contributed by atoms with E-state index in [0.717, 1.165) is 26.1 Å². The average Bonchev–Trinajstić information content (AvgIpc) is 2.27.